The van der Waals surface area contributed by atoms with Crippen molar-refractivity contribution in [3.8, 4) is 11.3 Å². The highest BCUT2D eigenvalue weighted by molar-refractivity contribution is 6.00. The van der Waals surface area contributed by atoms with Gasteiger partial charge in [0.2, 0.25) is 0 Å². The van der Waals surface area contributed by atoms with E-state index < -0.39 is 0 Å². The van der Waals surface area contributed by atoms with Gasteiger partial charge in [0.25, 0.3) is 5.91 Å². The molecule has 4 heterocycles. The second kappa shape index (κ2) is 7.46. The molecule has 5 rings (SSSR count). The molecule has 1 aliphatic rings. The van der Waals surface area contributed by atoms with Crippen LogP contribution in [0.5, 0.6) is 0 Å². The summed E-state index contributed by atoms with van der Waals surface area (Å²) in [6, 6.07) is 7.96. The summed E-state index contributed by atoms with van der Waals surface area (Å²) in [7, 11) is 0. The lowest BCUT2D eigenvalue weighted by molar-refractivity contribution is 0.0923. The second-order valence-electron chi connectivity index (χ2n) is 7.37. The summed E-state index contributed by atoms with van der Waals surface area (Å²) in [5.41, 5.74) is 3.36. The van der Waals surface area contributed by atoms with E-state index in [0.717, 1.165) is 42.5 Å². The Labute approximate surface area is 167 Å². The fraction of sp³-hybridized carbons (Fsp3) is 0.286. The first kappa shape index (κ1) is 17.5. The van der Waals surface area contributed by atoms with Crippen LogP contribution in [-0.4, -0.2) is 41.3 Å². The minimum absolute atomic E-state index is 0.0373. The molecule has 0 atom stereocenters. The van der Waals surface area contributed by atoms with E-state index in [2.05, 4.69) is 25.5 Å². The molecule has 0 saturated heterocycles. The Morgan fingerprint density at radius 1 is 1.07 bits per heavy atom. The van der Waals surface area contributed by atoms with Crippen LogP contribution in [0.2, 0.25) is 0 Å². The van der Waals surface area contributed by atoms with Crippen molar-refractivity contribution in [1.82, 2.24) is 34.7 Å². The van der Waals surface area contributed by atoms with Crippen molar-refractivity contribution in [3.63, 3.8) is 0 Å². The molecule has 8 nitrogen and oxygen atoms in total. The molecule has 0 radical (unpaired) electrons. The molecule has 1 saturated carbocycles. The predicted octanol–water partition coefficient (Wildman–Crippen LogP) is 2.90. The number of aromatic nitrogens is 6. The van der Waals surface area contributed by atoms with E-state index in [1.54, 1.807) is 23.2 Å². The van der Waals surface area contributed by atoms with Gasteiger partial charge in [-0.15, -0.1) is 0 Å². The van der Waals surface area contributed by atoms with E-state index in [9.17, 15) is 4.79 Å². The largest absolute Gasteiger partial charge is 0.349 e. The number of fused-ring (bicyclic) bond motifs is 1. The van der Waals surface area contributed by atoms with Gasteiger partial charge in [-0.3, -0.25) is 9.48 Å². The third-order valence-corrected chi connectivity index (χ3v) is 5.57. The molecule has 1 N–H and O–H groups in total. The molecule has 8 heteroatoms. The number of amides is 1. The zero-order valence-corrected chi connectivity index (χ0v) is 15.8. The number of hydrogen-bond acceptors (Lipinski definition) is 5. The quantitative estimate of drug-likeness (QED) is 0.581. The van der Waals surface area contributed by atoms with Crippen LogP contribution >= 0.6 is 0 Å². The van der Waals surface area contributed by atoms with Gasteiger partial charge in [-0.25, -0.2) is 14.5 Å². The van der Waals surface area contributed by atoms with Crippen LogP contribution in [0.25, 0.3) is 16.8 Å². The predicted molar refractivity (Wildman–Crippen MR) is 107 cm³/mol. The van der Waals surface area contributed by atoms with Gasteiger partial charge in [0, 0.05) is 30.2 Å². The van der Waals surface area contributed by atoms with Gasteiger partial charge in [0.05, 0.1) is 35.2 Å². The Bertz CT molecular complexity index is 1130. The molecule has 0 bridgehead atoms. The zero-order chi connectivity index (χ0) is 19.6. The molecule has 4 aromatic heterocycles. The average Bonchev–Trinajstić information content (AvgIpc) is 3.44. The highest BCUT2D eigenvalue weighted by Crippen LogP contribution is 2.29. The fourth-order valence-electron chi connectivity index (χ4n) is 4.02. The summed E-state index contributed by atoms with van der Waals surface area (Å²) in [6.07, 6.45) is 14.6. The molecule has 146 valence electrons. The summed E-state index contributed by atoms with van der Waals surface area (Å²) in [6.45, 7) is 0. The molecule has 1 fully saturated rings. The third kappa shape index (κ3) is 3.49. The van der Waals surface area contributed by atoms with Crippen molar-refractivity contribution in [1.29, 1.82) is 0 Å². The number of hydrogen-bond donors (Lipinski definition) is 1. The van der Waals surface area contributed by atoms with Crippen LogP contribution < -0.4 is 5.32 Å². The molecule has 4 aromatic rings. The Morgan fingerprint density at radius 2 is 1.97 bits per heavy atom. The second-order valence-corrected chi connectivity index (χ2v) is 7.37. The van der Waals surface area contributed by atoms with Crippen molar-refractivity contribution in [2.45, 2.75) is 37.8 Å². The number of nitrogens with zero attached hydrogens (tertiary/aromatic N) is 6. The average molecular weight is 387 g/mol. The van der Waals surface area contributed by atoms with Crippen molar-refractivity contribution >= 4 is 11.4 Å². The van der Waals surface area contributed by atoms with Crippen LogP contribution in [0.1, 0.15) is 42.1 Å². The van der Waals surface area contributed by atoms with E-state index >= 15 is 0 Å². The lowest BCUT2D eigenvalue weighted by atomic mass is 9.91. The highest BCUT2D eigenvalue weighted by Gasteiger charge is 2.25. The van der Waals surface area contributed by atoms with Crippen LogP contribution in [0, 0.1) is 0 Å². The van der Waals surface area contributed by atoms with Crippen LogP contribution in [-0.2, 0) is 0 Å². The van der Waals surface area contributed by atoms with Crippen LogP contribution in [0.3, 0.4) is 0 Å². The number of rotatable bonds is 4. The zero-order valence-electron chi connectivity index (χ0n) is 15.8. The molecule has 1 aliphatic carbocycles. The number of carbonyl (C=O) groups is 1. The monoisotopic (exact) mass is 387 g/mol. The van der Waals surface area contributed by atoms with Gasteiger partial charge < -0.3 is 5.32 Å². The van der Waals surface area contributed by atoms with Gasteiger partial charge in [0.15, 0.2) is 0 Å². The van der Waals surface area contributed by atoms with Crippen molar-refractivity contribution in [2.75, 3.05) is 0 Å². The maximum Gasteiger partial charge on any atom is 0.253 e. The molecule has 1 amide bonds. The molecule has 0 aromatic carbocycles. The normalized spacial score (nSPS) is 19.3. The van der Waals surface area contributed by atoms with E-state index in [1.165, 1.54) is 0 Å². The maximum absolute atomic E-state index is 12.8. The first-order valence-electron chi connectivity index (χ1n) is 9.82. The summed E-state index contributed by atoms with van der Waals surface area (Å²) in [4.78, 5) is 21.0. The first-order chi connectivity index (χ1) is 14.3. The van der Waals surface area contributed by atoms with Crippen LogP contribution in [0.15, 0.2) is 61.6 Å². The van der Waals surface area contributed by atoms with Crippen molar-refractivity contribution in [2.24, 2.45) is 0 Å². The number of pyridine rings is 1. The number of carbonyl (C=O) groups excluding carboxylic acids is 1. The number of nitrogens with one attached hydrogen (secondary N) is 1. The van der Waals surface area contributed by atoms with Gasteiger partial charge in [-0.05, 0) is 49.9 Å². The molecule has 0 unspecified atom stereocenters. The topological polar surface area (TPSA) is 90.0 Å². The minimum atomic E-state index is -0.0373. The highest BCUT2D eigenvalue weighted by atomic mass is 16.1. The minimum Gasteiger partial charge on any atom is -0.349 e. The standard InChI is InChI=1S/C21H21N7O/c29-21(18-2-1-11-27-20(18)8-10-24-27)26-16-3-5-17(6-4-16)28-13-15(12-25-28)19-7-9-22-14-23-19/h1-2,7-14,16-17H,3-6H2,(H,26,29). The summed E-state index contributed by atoms with van der Waals surface area (Å²) in [5, 5.41) is 11.9. The SMILES string of the molecule is O=C(NC1CCC(n2cc(-c3ccncn3)cn2)CC1)c1cccn2nccc12. The van der Waals surface area contributed by atoms with E-state index in [4.69, 9.17) is 0 Å². The van der Waals surface area contributed by atoms with E-state index in [0.29, 0.717) is 11.6 Å². The molecular weight excluding hydrogens is 366 g/mol. The first-order valence-corrected chi connectivity index (χ1v) is 9.82. The molecule has 0 aliphatic heterocycles. The van der Waals surface area contributed by atoms with Crippen molar-refractivity contribution in [3.05, 3.63) is 67.1 Å². The van der Waals surface area contributed by atoms with Gasteiger partial charge in [-0.1, -0.05) is 0 Å². The van der Waals surface area contributed by atoms with E-state index in [-0.39, 0.29) is 11.9 Å². The van der Waals surface area contributed by atoms with Gasteiger partial charge in [-0.2, -0.15) is 10.2 Å². The smallest absolute Gasteiger partial charge is 0.253 e. The maximum atomic E-state index is 12.8. The Hall–Kier alpha value is -3.55. The van der Waals surface area contributed by atoms with Crippen molar-refractivity contribution < 1.29 is 4.79 Å². The fourth-order valence-corrected chi connectivity index (χ4v) is 4.02. The van der Waals surface area contributed by atoms with Crippen LogP contribution in [0.4, 0.5) is 0 Å². The third-order valence-electron chi connectivity index (χ3n) is 5.57. The lowest BCUT2D eigenvalue weighted by Crippen LogP contribution is -2.38. The van der Waals surface area contributed by atoms with Gasteiger partial charge >= 0.3 is 0 Å². The molecular formula is C21H21N7O. The lowest BCUT2D eigenvalue weighted by Gasteiger charge is -2.29. The summed E-state index contributed by atoms with van der Waals surface area (Å²) >= 11 is 0. The van der Waals surface area contributed by atoms with E-state index in [1.807, 2.05) is 47.5 Å². The summed E-state index contributed by atoms with van der Waals surface area (Å²) < 4.78 is 3.75. The Balaban J connectivity index is 1.21. The Morgan fingerprint density at radius 3 is 2.79 bits per heavy atom. The molecule has 29 heavy (non-hydrogen) atoms. The Kier molecular flexibility index (Phi) is 4.51. The summed E-state index contributed by atoms with van der Waals surface area (Å²) in [5.74, 6) is -0.0373. The van der Waals surface area contributed by atoms with Gasteiger partial charge in [0.1, 0.15) is 6.33 Å². The molecule has 0 spiro atoms.